The Labute approximate surface area is 244 Å². The first-order chi connectivity index (χ1) is 20.4. The van der Waals surface area contributed by atoms with E-state index in [0.29, 0.717) is 34.5 Å². The maximum absolute atomic E-state index is 16.3. The zero-order chi connectivity index (χ0) is 29.6. The summed E-state index contributed by atoms with van der Waals surface area (Å²) in [5, 5.41) is 11.5. The number of aryl methyl sites for hydroxylation is 1. The fraction of sp³-hybridized carbons (Fsp3) is 0.114. The topological polar surface area (TPSA) is 82.3 Å². The zero-order valence-electron chi connectivity index (χ0n) is 23.8. The first-order valence-electron chi connectivity index (χ1n) is 13.7. The molecule has 0 spiro atoms. The van der Waals surface area contributed by atoms with Gasteiger partial charge in [0.15, 0.2) is 5.82 Å². The number of benzene rings is 1. The van der Waals surface area contributed by atoms with Crippen molar-refractivity contribution in [3.63, 3.8) is 0 Å². The number of hydrogen-bond acceptors (Lipinski definition) is 4. The standard InChI is InChI=1S/C35H33FN6/c1-6-13-29(26-16-11-12-17-26)33-24(5)39-35(40-33)34-31(30(7-2)41-42-34)32(36)23(4)27-19-28(21-37-20-27)38-22(3)18-25-14-9-8-10-15-25/h6-11,13-17,19-21,38,41H,1,3-4,12,18H2,2,5H3,(H,39,40)/b29-13-,30-7+,32-31-. The van der Waals surface area contributed by atoms with Gasteiger partial charge in [-0.05, 0) is 37.5 Å². The molecule has 0 saturated heterocycles. The van der Waals surface area contributed by atoms with Crippen LogP contribution in [0.4, 0.5) is 10.1 Å². The molecule has 42 heavy (non-hydrogen) atoms. The SMILES string of the molecule is C=C/C=C(/C1=CCC=C1)c1nc(-c2n[nH]c(=C/C)/c2=C(/F)C(=C)c2cncc(NC(=C)Cc3ccccc3)c2)[nH]c1C. The second-order valence-electron chi connectivity index (χ2n) is 9.97. The van der Waals surface area contributed by atoms with E-state index in [-0.39, 0.29) is 10.8 Å². The lowest BCUT2D eigenvalue weighted by molar-refractivity contribution is 0.764. The van der Waals surface area contributed by atoms with Crippen molar-refractivity contribution in [3.05, 3.63) is 143 Å². The van der Waals surface area contributed by atoms with Crippen LogP contribution in [-0.4, -0.2) is 25.1 Å². The van der Waals surface area contributed by atoms with Crippen molar-refractivity contribution in [3.8, 4) is 11.5 Å². The lowest BCUT2D eigenvalue weighted by Crippen LogP contribution is -2.26. The van der Waals surface area contributed by atoms with Crippen LogP contribution in [0.15, 0.2) is 110 Å². The molecule has 0 amide bonds. The van der Waals surface area contributed by atoms with E-state index in [1.807, 2.05) is 56.3 Å². The normalized spacial score (nSPS) is 14.1. The van der Waals surface area contributed by atoms with E-state index in [1.165, 1.54) is 0 Å². The molecule has 5 rings (SSSR count). The van der Waals surface area contributed by atoms with Gasteiger partial charge in [0, 0.05) is 40.7 Å². The van der Waals surface area contributed by atoms with Crippen molar-refractivity contribution < 1.29 is 4.39 Å². The number of rotatable bonds is 10. The van der Waals surface area contributed by atoms with E-state index in [4.69, 9.17) is 4.98 Å². The molecular weight excluding hydrogens is 523 g/mol. The Balaban J connectivity index is 1.49. The molecule has 210 valence electrons. The molecule has 6 nitrogen and oxygen atoms in total. The second-order valence-corrected chi connectivity index (χ2v) is 9.97. The van der Waals surface area contributed by atoms with Crippen molar-refractivity contribution in [2.24, 2.45) is 0 Å². The van der Waals surface area contributed by atoms with Gasteiger partial charge in [0.05, 0.1) is 28.1 Å². The molecule has 0 fully saturated rings. The molecule has 4 aromatic rings. The smallest absolute Gasteiger partial charge is 0.159 e. The fourth-order valence-electron chi connectivity index (χ4n) is 4.92. The van der Waals surface area contributed by atoms with Gasteiger partial charge in [-0.2, -0.15) is 5.10 Å². The van der Waals surface area contributed by atoms with Crippen molar-refractivity contribution in [1.29, 1.82) is 0 Å². The van der Waals surface area contributed by atoms with Crippen LogP contribution in [0.25, 0.3) is 34.6 Å². The first kappa shape index (κ1) is 28.2. The number of H-pyrrole nitrogens is 2. The van der Waals surface area contributed by atoms with E-state index >= 15 is 4.39 Å². The highest BCUT2D eigenvalue weighted by Gasteiger charge is 2.20. The average molecular weight is 557 g/mol. The fourth-order valence-corrected chi connectivity index (χ4v) is 4.92. The number of aromatic amines is 2. The molecule has 0 radical (unpaired) electrons. The van der Waals surface area contributed by atoms with Gasteiger partial charge >= 0.3 is 0 Å². The van der Waals surface area contributed by atoms with Crippen LogP contribution in [0.2, 0.25) is 0 Å². The lowest BCUT2D eigenvalue weighted by Gasteiger charge is -2.11. The molecule has 3 aromatic heterocycles. The number of nitrogens with one attached hydrogen (secondary N) is 3. The highest BCUT2D eigenvalue weighted by Crippen LogP contribution is 2.30. The minimum absolute atomic E-state index is 0.183. The van der Waals surface area contributed by atoms with Crippen LogP contribution in [-0.2, 0) is 6.42 Å². The van der Waals surface area contributed by atoms with E-state index in [9.17, 15) is 0 Å². The third kappa shape index (κ3) is 5.90. The van der Waals surface area contributed by atoms with Crippen molar-refractivity contribution in [2.75, 3.05) is 5.32 Å². The van der Waals surface area contributed by atoms with E-state index < -0.39 is 5.83 Å². The molecule has 0 atom stereocenters. The molecular formula is C35H33FN6. The Morgan fingerprint density at radius 2 is 1.98 bits per heavy atom. The molecule has 3 heterocycles. The number of nitrogens with zero attached hydrogens (tertiary/aromatic N) is 3. The Morgan fingerprint density at radius 3 is 2.69 bits per heavy atom. The number of imidazole rings is 1. The predicted octanol–water partition coefficient (Wildman–Crippen LogP) is 6.72. The lowest BCUT2D eigenvalue weighted by atomic mass is 10.0. The van der Waals surface area contributed by atoms with Crippen LogP contribution >= 0.6 is 0 Å². The Bertz CT molecular complexity index is 1880. The summed E-state index contributed by atoms with van der Waals surface area (Å²) in [6.45, 7) is 15.9. The summed E-state index contributed by atoms with van der Waals surface area (Å²) in [7, 11) is 0. The number of aromatic nitrogens is 5. The number of pyridine rings is 1. The third-order valence-corrected chi connectivity index (χ3v) is 6.97. The van der Waals surface area contributed by atoms with Crippen molar-refractivity contribution in [1.82, 2.24) is 25.1 Å². The van der Waals surface area contributed by atoms with Gasteiger partial charge < -0.3 is 10.3 Å². The zero-order valence-corrected chi connectivity index (χ0v) is 23.8. The minimum Gasteiger partial charge on any atom is -0.358 e. The largest absolute Gasteiger partial charge is 0.358 e. The van der Waals surface area contributed by atoms with Gasteiger partial charge in [-0.1, -0.05) is 86.5 Å². The molecule has 1 aliphatic carbocycles. The highest BCUT2D eigenvalue weighted by atomic mass is 19.1. The number of anilines is 1. The summed E-state index contributed by atoms with van der Waals surface area (Å²) in [5.74, 6) is -0.0686. The molecule has 7 heteroatoms. The summed E-state index contributed by atoms with van der Waals surface area (Å²) < 4.78 is 16.3. The van der Waals surface area contributed by atoms with E-state index in [2.05, 4.69) is 63.4 Å². The van der Waals surface area contributed by atoms with Crippen LogP contribution in [0.5, 0.6) is 0 Å². The molecule has 0 saturated carbocycles. The quantitative estimate of drug-likeness (QED) is 0.190. The summed E-state index contributed by atoms with van der Waals surface area (Å²) in [4.78, 5) is 12.5. The molecule has 1 aromatic carbocycles. The van der Waals surface area contributed by atoms with Crippen LogP contribution in [0.1, 0.15) is 35.9 Å². The Kier molecular flexibility index (Phi) is 8.39. The van der Waals surface area contributed by atoms with Crippen LogP contribution in [0.3, 0.4) is 0 Å². The summed E-state index contributed by atoms with van der Waals surface area (Å²) in [6.07, 6.45) is 16.5. The summed E-state index contributed by atoms with van der Waals surface area (Å²) in [6, 6.07) is 11.9. The molecule has 0 aliphatic heterocycles. The van der Waals surface area contributed by atoms with E-state index in [1.54, 1.807) is 24.5 Å². The Hall–Kier alpha value is -5.30. The minimum atomic E-state index is -0.521. The number of hydrogen-bond donors (Lipinski definition) is 3. The van der Waals surface area contributed by atoms with Gasteiger partial charge in [-0.3, -0.25) is 10.1 Å². The Morgan fingerprint density at radius 1 is 1.17 bits per heavy atom. The van der Waals surface area contributed by atoms with Crippen LogP contribution in [0, 0.1) is 6.92 Å². The monoisotopic (exact) mass is 556 g/mol. The first-order valence-corrected chi connectivity index (χ1v) is 13.7. The molecule has 0 bridgehead atoms. The van der Waals surface area contributed by atoms with Gasteiger partial charge in [0.2, 0.25) is 0 Å². The molecule has 3 N–H and O–H groups in total. The van der Waals surface area contributed by atoms with Crippen LogP contribution < -0.4 is 15.9 Å². The third-order valence-electron chi connectivity index (χ3n) is 6.97. The van der Waals surface area contributed by atoms with E-state index in [0.717, 1.165) is 40.2 Å². The van der Waals surface area contributed by atoms with Gasteiger partial charge in [0.25, 0.3) is 0 Å². The average Bonchev–Trinajstić information content (AvgIpc) is 3.76. The highest BCUT2D eigenvalue weighted by molar-refractivity contribution is 5.94. The second kappa shape index (κ2) is 12.5. The van der Waals surface area contributed by atoms with Gasteiger partial charge in [-0.25, -0.2) is 9.37 Å². The number of halogens is 1. The summed E-state index contributed by atoms with van der Waals surface area (Å²) in [5.41, 5.74) is 7.32. The van der Waals surface area contributed by atoms with Gasteiger partial charge in [-0.15, -0.1) is 0 Å². The molecule has 0 unspecified atom stereocenters. The maximum Gasteiger partial charge on any atom is 0.159 e. The predicted molar refractivity (Wildman–Crippen MR) is 171 cm³/mol. The van der Waals surface area contributed by atoms with Crippen molar-refractivity contribution >= 4 is 28.7 Å². The number of allylic oxidation sites excluding steroid dienone is 9. The van der Waals surface area contributed by atoms with Gasteiger partial charge in [0.1, 0.15) is 11.5 Å². The van der Waals surface area contributed by atoms with Crippen molar-refractivity contribution in [2.45, 2.75) is 26.7 Å². The summed E-state index contributed by atoms with van der Waals surface area (Å²) >= 11 is 0. The molecule has 1 aliphatic rings. The maximum atomic E-state index is 16.3.